The normalized spacial score (nSPS) is 19.1. The Morgan fingerprint density at radius 1 is 1.33 bits per heavy atom. The van der Waals surface area contributed by atoms with Gasteiger partial charge in [-0.2, -0.15) is 4.31 Å². The third-order valence-corrected chi connectivity index (χ3v) is 7.56. The van der Waals surface area contributed by atoms with Gasteiger partial charge in [-0.3, -0.25) is 0 Å². The summed E-state index contributed by atoms with van der Waals surface area (Å²) in [7, 11) is -3.42. The van der Waals surface area contributed by atoms with E-state index in [-0.39, 0.29) is 12.0 Å². The maximum absolute atomic E-state index is 12.7. The Morgan fingerprint density at radius 2 is 1.90 bits per heavy atom. The number of thiophene rings is 1. The average molecular weight is 332 g/mol. The quantitative estimate of drug-likeness (QED) is 0.926. The minimum absolute atomic E-state index is 0.104. The van der Waals surface area contributed by atoms with Crippen LogP contribution in [0.1, 0.15) is 43.4 Å². The van der Waals surface area contributed by atoms with Crippen molar-refractivity contribution in [3.05, 3.63) is 15.8 Å². The molecule has 21 heavy (non-hydrogen) atoms. The van der Waals surface area contributed by atoms with Crippen LogP contribution in [0, 0.1) is 18.3 Å². The fraction of sp³-hybridized carbons (Fsp3) is 0.733. The molecule has 1 saturated heterocycles. The van der Waals surface area contributed by atoms with E-state index >= 15 is 0 Å². The molecule has 1 N–H and O–H groups in total. The summed E-state index contributed by atoms with van der Waals surface area (Å²) in [5, 5.41) is 9.18. The molecule has 0 amide bonds. The molecule has 6 heteroatoms. The SMILES string of the molecule is Cc1sc(CO)cc1S(=O)(=O)N1CCC(C(C)(C)C)CC1. The number of aliphatic hydroxyl groups excluding tert-OH is 1. The van der Waals surface area contributed by atoms with Crippen molar-refractivity contribution >= 4 is 21.4 Å². The van der Waals surface area contributed by atoms with Gasteiger partial charge in [0.2, 0.25) is 10.0 Å². The molecule has 0 saturated carbocycles. The molecule has 0 spiro atoms. The summed E-state index contributed by atoms with van der Waals surface area (Å²) < 4.78 is 27.1. The second-order valence-corrected chi connectivity index (χ2v) is 10.1. The highest BCUT2D eigenvalue weighted by Crippen LogP contribution is 2.36. The molecule has 1 aromatic heterocycles. The predicted molar refractivity (Wildman–Crippen MR) is 85.9 cm³/mol. The van der Waals surface area contributed by atoms with E-state index in [1.807, 2.05) is 0 Å². The monoisotopic (exact) mass is 331 g/mol. The van der Waals surface area contributed by atoms with Crippen molar-refractivity contribution in [2.24, 2.45) is 11.3 Å². The number of piperidine rings is 1. The summed E-state index contributed by atoms with van der Waals surface area (Å²) in [5.74, 6) is 0.570. The van der Waals surface area contributed by atoms with Crippen molar-refractivity contribution in [2.45, 2.75) is 52.0 Å². The van der Waals surface area contributed by atoms with Gasteiger partial charge in [-0.15, -0.1) is 11.3 Å². The fourth-order valence-corrected chi connectivity index (χ4v) is 5.89. The topological polar surface area (TPSA) is 57.6 Å². The lowest BCUT2D eigenvalue weighted by Crippen LogP contribution is -2.41. The van der Waals surface area contributed by atoms with E-state index in [1.54, 1.807) is 17.3 Å². The van der Waals surface area contributed by atoms with Crippen molar-refractivity contribution in [3.8, 4) is 0 Å². The number of aliphatic hydroxyl groups is 1. The van der Waals surface area contributed by atoms with E-state index in [0.29, 0.717) is 28.8 Å². The lowest BCUT2D eigenvalue weighted by atomic mass is 9.76. The van der Waals surface area contributed by atoms with Crippen LogP contribution in [0.2, 0.25) is 0 Å². The Morgan fingerprint density at radius 3 is 2.33 bits per heavy atom. The zero-order chi connectivity index (χ0) is 15.8. The van der Waals surface area contributed by atoms with Gasteiger partial charge in [0.15, 0.2) is 0 Å². The zero-order valence-electron chi connectivity index (χ0n) is 13.2. The maximum Gasteiger partial charge on any atom is 0.244 e. The van der Waals surface area contributed by atoms with Crippen LogP contribution in [0.3, 0.4) is 0 Å². The van der Waals surface area contributed by atoms with Gasteiger partial charge in [0, 0.05) is 22.8 Å². The molecule has 1 aliphatic heterocycles. The van der Waals surface area contributed by atoms with Crippen molar-refractivity contribution in [3.63, 3.8) is 0 Å². The molecule has 2 heterocycles. The highest BCUT2D eigenvalue weighted by Gasteiger charge is 2.35. The largest absolute Gasteiger partial charge is 0.391 e. The average Bonchev–Trinajstić information content (AvgIpc) is 2.80. The van der Waals surface area contributed by atoms with Crippen LogP contribution in [0.4, 0.5) is 0 Å². The summed E-state index contributed by atoms with van der Waals surface area (Å²) in [4.78, 5) is 1.83. The van der Waals surface area contributed by atoms with Crippen LogP contribution >= 0.6 is 11.3 Å². The third kappa shape index (κ3) is 3.50. The number of rotatable bonds is 3. The summed E-state index contributed by atoms with van der Waals surface area (Å²) >= 11 is 1.35. The Bertz CT molecular complexity index is 591. The first-order valence-corrected chi connectivity index (χ1v) is 9.62. The number of aryl methyl sites for hydroxylation is 1. The summed E-state index contributed by atoms with van der Waals surface area (Å²) in [5.41, 5.74) is 0.234. The van der Waals surface area contributed by atoms with Crippen LogP contribution in [-0.4, -0.2) is 30.9 Å². The lowest BCUT2D eigenvalue weighted by molar-refractivity contribution is 0.154. The van der Waals surface area contributed by atoms with E-state index < -0.39 is 10.0 Å². The van der Waals surface area contributed by atoms with Gasteiger partial charge in [0.05, 0.1) is 11.5 Å². The van der Waals surface area contributed by atoms with E-state index in [0.717, 1.165) is 17.7 Å². The first-order chi connectivity index (χ1) is 9.66. The highest BCUT2D eigenvalue weighted by molar-refractivity contribution is 7.89. The molecule has 1 aliphatic rings. The Kier molecular flexibility index (Phi) is 4.83. The van der Waals surface area contributed by atoms with Crippen molar-refractivity contribution < 1.29 is 13.5 Å². The second kappa shape index (κ2) is 5.99. The predicted octanol–water partition coefficient (Wildman–Crippen LogP) is 3.00. The summed E-state index contributed by atoms with van der Waals surface area (Å²) in [6, 6.07) is 1.62. The molecular weight excluding hydrogens is 306 g/mol. The molecular formula is C15H25NO3S2. The molecule has 0 atom stereocenters. The van der Waals surface area contributed by atoms with Gasteiger partial charge in [-0.1, -0.05) is 20.8 Å². The van der Waals surface area contributed by atoms with Gasteiger partial charge in [0.25, 0.3) is 0 Å². The molecule has 0 aliphatic carbocycles. The van der Waals surface area contributed by atoms with Gasteiger partial charge < -0.3 is 5.11 Å². The minimum Gasteiger partial charge on any atom is -0.391 e. The first-order valence-electron chi connectivity index (χ1n) is 7.36. The maximum atomic E-state index is 12.7. The number of hydrogen-bond donors (Lipinski definition) is 1. The molecule has 2 rings (SSSR count). The third-order valence-electron chi connectivity index (χ3n) is 4.38. The number of hydrogen-bond acceptors (Lipinski definition) is 4. The number of nitrogens with zero attached hydrogens (tertiary/aromatic N) is 1. The molecule has 0 bridgehead atoms. The summed E-state index contributed by atoms with van der Waals surface area (Å²) in [6.07, 6.45) is 1.83. The fourth-order valence-electron chi connectivity index (χ4n) is 2.96. The Hall–Kier alpha value is -0.430. The Balaban J connectivity index is 2.17. The van der Waals surface area contributed by atoms with Crippen LogP contribution in [-0.2, 0) is 16.6 Å². The van der Waals surface area contributed by atoms with Crippen LogP contribution in [0.25, 0.3) is 0 Å². The lowest BCUT2D eigenvalue weighted by Gasteiger charge is -2.38. The minimum atomic E-state index is -3.42. The molecule has 0 aromatic carbocycles. The zero-order valence-corrected chi connectivity index (χ0v) is 14.9. The molecule has 1 fully saturated rings. The molecule has 1 aromatic rings. The van der Waals surface area contributed by atoms with Crippen molar-refractivity contribution in [2.75, 3.05) is 13.1 Å². The standard InChI is InChI=1S/C15H25NO3S2/c1-11-14(9-13(10-17)20-11)21(18,19)16-7-5-12(6-8-16)15(2,3)4/h9,12,17H,5-8,10H2,1-4H3. The van der Waals surface area contributed by atoms with Gasteiger partial charge in [-0.05, 0) is 37.2 Å². The number of sulfonamides is 1. The van der Waals surface area contributed by atoms with E-state index in [1.165, 1.54) is 11.3 Å². The molecule has 0 radical (unpaired) electrons. The van der Waals surface area contributed by atoms with E-state index in [9.17, 15) is 13.5 Å². The van der Waals surface area contributed by atoms with Gasteiger partial charge in [-0.25, -0.2) is 8.42 Å². The van der Waals surface area contributed by atoms with Crippen molar-refractivity contribution in [1.82, 2.24) is 4.31 Å². The Labute approximate surface area is 131 Å². The smallest absolute Gasteiger partial charge is 0.244 e. The highest BCUT2D eigenvalue weighted by atomic mass is 32.2. The van der Waals surface area contributed by atoms with Crippen molar-refractivity contribution in [1.29, 1.82) is 0 Å². The van der Waals surface area contributed by atoms with E-state index in [2.05, 4.69) is 20.8 Å². The first kappa shape index (κ1) is 16.9. The van der Waals surface area contributed by atoms with Gasteiger partial charge in [0.1, 0.15) is 0 Å². The van der Waals surface area contributed by atoms with Gasteiger partial charge >= 0.3 is 0 Å². The van der Waals surface area contributed by atoms with Crippen LogP contribution in [0.15, 0.2) is 11.0 Å². The summed E-state index contributed by atoms with van der Waals surface area (Å²) in [6.45, 7) is 9.54. The molecule has 120 valence electrons. The molecule has 4 nitrogen and oxygen atoms in total. The van der Waals surface area contributed by atoms with E-state index in [4.69, 9.17) is 0 Å². The van der Waals surface area contributed by atoms with Crippen LogP contribution in [0.5, 0.6) is 0 Å². The van der Waals surface area contributed by atoms with Crippen LogP contribution < -0.4 is 0 Å². The molecule has 0 unspecified atom stereocenters. The second-order valence-electron chi connectivity index (χ2n) is 6.84.